The number of hydrogen-bond acceptors (Lipinski definition) is 4. The Morgan fingerprint density at radius 3 is 2.90 bits per heavy atom. The number of aromatic nitrogens is 2. The van der Waals surface area contributed by atoms with Crippen LogP contribution in [0.5, 0.6) is 0 Å². The zero-order chi connectivity index (χ0) is 15.4. The highest BCUT2D eigenvalue weighted by atomic mass is 16.5. The van der Waals surface area contributed by atoms with Crippen LogP contribution in [0.1, 0.15) is 31.7 Å². The quantitative estimate of drug-likeness (QED) is 0.826. The third-order valence-corrected chi connectivity index (χ3v) is 4.00. The number of hydrogen-bond donors (Lipinski definition) is 1. The first-order valence-electron chi connectivity index (χ1n) is 7.64. The van der Waals surface area contributed by atoms with E-state index in [-0.39, 0.29) is 6.04 Å². The van der Waals surface area contributed by atoms with Crippen LogP contribution >= 0.6 is 0 Å². The summed E-state index contributed by atoms with van der Waals surface area (Å²) in [5.41, 5.74) is 2.14. The fourth-order valence-corrected chi connectivity index (χ4v) is 3.00. The first kappa shape index (κ1) is 16.0. The summed E-state index contributed by atoms with van der Waals surface area (Å²) < 4.78 is 7.40. The molecule has 118 valence electrons. The van der Waals surface area contributed by atoms with Gasteiger partial charge in [-0.3, -0.25) is 14.4 Å². The fourth-order valence-electron chi connectivity index (χ4n) is 3.00. The fraction of sp³-hybridized carbons (Fsp3) is 0.733. The molecule has 2 unspecified atom stereocenters. The average molecular weight is 295 g/mol. The highest BCUT2D eigenvalue weighted by Gasteiger charge is 2.37. The van der Waals surface area contributed by atoms with Gasteiger partial charge in [0.05, 0.1) is 30.5 Å². The van der Waals surface area contributed by atoms with Crippen molar-refractivity contribution in [2.75, 3.05) is 19.8 Å². The maximum Gasteiger partial charge on any atom is 0.310 e. The molecule has 0 amide bonds. The van der Waals surface area contributed by atoms with Crippen molar-refractivity contribution < 1.29 is 14.6 Å². The maximum absolute atomic E-state index is 11.4. The van der Waals surface area contributed by atoms with E-state index in [0.717, 1.165) is 37.4 Å². The van der Waals surface area contributed by atoms with Crippen molar-refractivity contribution in [3.63, 3.8) is 0 Å². The smallest absolute Gasteiger partial charge is 0.310 e. The summed E-state index contributed by atoms with van der Waals surface area (Å²) in [7, 11) is 0. The van der Waals surface area contributed by atoms with E-state index >= 15 is 0 Å². The number of aliphatic carboxylic acids is 1. The van der Waals surface area contributed by atoms with Gasteiger partial charge in [0.25, 0.3) is 0 Å². The normalized spacial score (nSPS) is 22.1. The number of aryl methyl sites for hydroxylation is 2. The van der Waals surface area contributed by atoms with Gasteiger partial charge in [-0.15, -0.1) is 0 Å². The monoisotopic (exact) mass is 295 g/mol. The van der Waals surface area contributed by atoms with Gasteiger partial charge in [0.2, 0.25) is 0 Å². The van der Waals surface area contributed by atoms with Crippen LogP contribution < -0.4 is 0 Å². The van der Waals surface area contributed by atoms with Gasteiger partial charge in [0.1, 0.15) is 0 Å². The summed E-state index contributed by atoms with van der Waals surface area (Å²) >= 11 is 0. The van der Waals surface area contributed by atoms with Crippen molar-refractivity contribution >= 4 is 5.97 Å². The third-order valence-electron chi connectivity index (χ3n) is 4.00. The molecule has 1 aliphatic heterocycles. The summed E-state index contributed by atoms with van der Waals surface area (Å²) in [5.74, 6) is -1.20. The second kappa shape index (κ2) is 7.04. The Bertz CT molecular complexity index is 487. The Hall–Kier alpha value is -1.40. The lowest BCUT2D eigenvalue weighted by molar-refractivity contribution is -0.143. The summed E-state index contributed by atoms with van der Waals surface area (Å²) in [6.45, 7) is 9.39. The number of carboxylic acid groups (broad SMARTS) is 1. The van der Waals surface area contributed by atoms with Gasteiger partial charge in [0, 0.05) is 19.1 Å². The van der Waals surface area contributed by atoms with Crippen molar-refractivity contribution in [2.45, 2.75) is 46.3 Å². The number of carbonyl (C=O) groups is 1. The van der Waals surface area contributed by atoms with Gasteiger partial charge in [0.15, 0.2) is 0 Å². The minimum atomic E-state index is -0.765. The van der Waals surface area contributed by atoms with E-state index in [2.05, 4.69) is 29.9 Å². The second-order valence-corrected chi connectivity index (χ2v) is 5.61. The van der Waals surface area contributed by atoms with Crippen molar-refractivity contribution in [1.82, 2.24) is 14.7 Å². The van der Waals surface area contributed by atoms with Crippen LogP contribution in [0.2, 0.25) is 0 Å². The molecule has 1 fully saturated rings. The van der Waals surface area contributed by atoms with Crippen molar-refractivity contribution in [1.29, 1.82) is 0 Å². The summed E-state index contributed by atoms with van der Waals surface area (Å²) in [6, 6.07) is 2.03. The molecule has 6 heteroatoms. The highest BCUT2D eigenvalue weighted by molar-refractivity contribution is 5.71. The Labute approximate surface area is 125 Å². The summed E-state index contributed by atoms with van der Waals surface area (Å²) in [5, 5.41) is 13.8. The van der Waals surface area contributed by atoms with E-state index in [1.807, 2.05) is 11.6 Å². The molecule has 21 heavy (non-hydrogen) atoms. The van der Waals surface area contributed by atoms with Gasteiger partial charge in [-0.05, 0) is 32.9 Å². The molecule has 1 aromatic rings. The maximum atomic E-state index is 11.4. The largest absolute Gasteiger partial charge is 0.481 e. The summed E-state index contributed by atoms with van der Waals surface area (Å²) in [4.78, 5) is 13.6. The molecule has 0 aromatic carbocycles. The van der Waals surface area contributed by atoms with Crippen LogP contribution in [0.15, 0.2) is 6.07 Å². The molecule has 1 saturated heterocycles. The van der Waals surface area contributed by atoms with E-state index in [9.17, 15) is 9.90 Å². The standard InChI is InChI=1S/C15H25N3O3/c1-4-6-17(14-10-21-9-13(14)15(19)20)8-12-7-11(3)16-18(12)5-2/h7,13-14H,4-6,8-10H2,1-3H3,(H,19,20). The molecule has 6 nitrogen and oxygen atoms in total. The number of carboxylic acids is 1. The molecular formula is C15H25N3O3. The SMILES string of the molecule is CCCN(Cc1cc(C)nn1CC)C1COCC1C(=O)O. The van der Waals surface area contributed by atoms with E-state index in [0.29, 0.717) is 13.2 Å². The Balaban J connectivity index is 2.16. The number of ether oxygens (including phenoxy) is 1. The lowest BCUT2D eigenvalue weighted by Crippen LogP contribution is -2.43. The van der Waals surface area contributed by atoms with Crippen molar-refractivity contribution in [2.24, 2.45) is 5.92 Å². The molecule has 2 rings (SSSR count). The van der Waals surface area contributed by atoms with Crippen LogP contribution in [-0.2, 0) is 22.6 Å². The first-order chi connectivity index (χ1) is 10.1. The molecule has 1 N–H and O–H groups in total. The molecule has 1 aliphatic rings. The highest BCUT2D eigenvalue weighted by Crippen LogP contribution is 2.22. The molecular weight excluding hydrogens is 270 g/mol. The molecule has 2 atom stereocenters. The van der Waals surface area contributed by atoms with E-state index in [1.54, 1.807) is 0 Å². The Morgan fingerprint density at radius 2 is 2.29 bits per heavy atom. The van der Waals surface area contributed by atoms with Crippen LogP contribution in [0.3, 0.4) is 0 Å². The lowest BCUT2D eigenvalue weighted by Gasteiger charge is -2.30. The Kier molecular flexibility index (Phi) is 5.36. The van der Waals surface area contributed by atoms with E-state index in [1.165, 1.54) is 0 Å². The molecule has 2 heterocycles. The van der Waals surface area contributed by atoms with Crippen LogP contribution in [-0.4, -0.2) is 51.6 Å². The minimum absolute atomic E-state index is 0.0528. The second-order valence-electron chi connectivity index (χ2n) is 5.61. The summed E-state index contributed by atoms with van der Waals surface area (Å²) in [6.07, 6.45) is 0.988. The van der Waals surface area contributed by atoms with Crippen molar-refractivity contribution in [3.8, 4) is 0 Å². The zero-order valence-corrected chi connectivity index (χ0v) is 13.1. The zero-order valence-electron chi connectivity index (χ0n) is 13.1. The third kappa shape index (κ3) is 3.63. The first-order valence-corrected chi connectivity index (χ1v) is 7.64. The average Bonchev–Trinajstić information content (AvgIpc) is 3.04. The molecule has 0 bridgehead atoms. The van der Waals surface area contributed by atoms with Crippen molar-refractivity contribution in [3.05, 3.63) is 17.5 Å². The van der Waals surface area contributed by atoms with Crippen LogP contribution in [0.4, 0.5) is 0 Å². The van der Waals surface area contributed by atoms with Crippen LogP contribution in [0, 0.1) is 12.8 Å². The van der Waals surface area contributed by atoms with Gasteiger partial charge >= 0.3 is 5.97 Å². The predicted octanol–water partition coefficient (Wildman–Crippen LogP) is 1.52. The molecule has 0 saturated carbocycles. The lowest BCUT2D eigenvalue weighted by atomic mass is 10.0. The number of nitrogens with zero attached hydrogens (tertiary/aromatic N) is 3. The topological polar surface area (TPSA) is 67.6 Å². The molecule has 0 spiro atoms. The Morgan fingerprint density at radius 1 is 1.52 bits per heavy atom. The predicted molar refractivity (Wildman–Crippen MR) is 79.1 cm³/mol. The van der Waals surface area contributed by atoms with Gasteiger partial charge < -0.3 is 9.84 Å². The van der Waals surface area contributed by atoms with Gasteiger partial charge in [-0.1, -0.05) is 6.92 Å². The van der Waals surface area contributed by atoms with Crippen LogP contribution in [0.25, 0.3) is 0 Å². The van der Waals surface area contributed by atoms with Gasteiger partial charge in [-0.25, -0.2) is 0 Å². The van der Waals surface area contributed by atoms with Gasteiger partial charge in [-0.2, -0.15) is 5.10 Å². The van der Waals surface area contributed by atoms with E-state index in [4.69, 9.17) is 4.74 Å². The number of rotatable bonds is 7. The molecule has 1 aromatic heterocycles. The van der Waals surface area contributed by atoms with E-state index < -0.39 is 11.9 Å². The molecule has 0 aliphatic carbocycles. The minimum Gasteiger partial charge on any atom is -0.481 e. The molecule has 0 radical (unpaired) electrons.